The maximum atomic E-state index is 12.7. The lowest BCUT2D eigenvalue weighted by Crippen LogP contribution is -2.51. The lowest BCUT2D eigenvalue weighted by atomic mass is 9.47. The fourth-order valence-electron chi connectivity index (χ4n) is 10.8. The average molecular weight is 759 g/mol. The van der Waals surface area contributed by atoms with E-state index < -0.39 is 6.04 Å². The summed E-state index contributed by atoms with van der Waals surface area (Å²) in [7, 11) is 0. The van der Waals surface area contributed by atoms with Crippen LogP contribution in [-0.2, 0) is 19.0 Å². The molecule has 9 unspecified atom stereocenters. The quantitative estimate of drug-likeness (QED) is 0.0326. The van der Waals surface area contributed by atoms with E-state index in [-0.39, 0.29) is 35.4 Å². The summed E-state index contributed by atoms with van der Waals surface area (Å²) in [5.74, 6) is 4.19. The molecule has 4 aliphatic rings. The summed E-state index contributed by atoms with van der Waals surface area (Å²) >= 11 is 0. The zero-order valence-corrected chi connectivity index (χ0v) is 34.0. The maximum absolute atomic E-state index is 12.7. The number of allylic oxidation sites excluding steroid dienone is 1. The zero-order valence-electron chi connectivity index (χ0n) is 34.0. The predicted octanol–water partition coefficient (Wildman–Crippen LogP) is 5.39. The van der Waals surface area contributed by atoms with Crippen LogP contribution >= 0.6 is 0 Å². The minimum atomic E-state index is -0.666. The second-order valence-corrected chi connectivity index (χ2v) is 17.6. The highest BCUT2D eigenvalue weighted by Crippen LogP contribution is 2.67. The van der Waals surface area contributed by atoms with Crippen LogP contribution in [0.15, 0.2) is 11.6 Å². The number of hydrogen-bond acceptors (Lipinski definition) is 7. The largest absolute Gasteiger partial charge is 0.446 e. The van der Waals surface area contributed by atoms with E-state index in [1.807, 2.05) is 0 Å². The summed E-state index contributed by atoms with van der Waals surface area (Å²) in [6.07, 6.45) is 16.8. The third-order valence-corrected chi connectivity index (χ3v) is 13.6. The first-order chi connectivity index (χ1) is 25.7. The van der Waals surface area contributed by atoms with Crippen molar-refractivity contribution in [2.75, 3.05) is 46.1 Å². The molecule has 2 amide bonds. The second kappa shape index (κ2) is 20.7. The van der Waals surface area contributed by atoms with Crippen LogP contribution in [-0.4, -0.2) is 82.1 Å². The van der Waals surface area contributed by atoms with Crippen molar-refractivity contribution in [3.63, 3.8) is 0 Å². The maximum Gasteiger partial charge on any atom is 0.407 e. The Morgan fingerprint density at radius 2 is 1.56 bits per heavy atom. The van der Waals surface area contributed by atoms with E-state index in [4.69, 9.17) is 36.5 Å². The van der Waals surface area contributed by atoms with Gasteiger partial charge in [0.2, 0.25) is 5.91 Å². The Morgan fingerprint density at radius 3 is 2.24 bits per heavy atom. The molecule has 0 aliphatic heterocycles. The van der Waals surface area contributed by atoms with Gasteiger partial charge in [0.05, 0.1) is 26.4 Å². The highest BCUT2D eigenvalue weighted by molar-refractivity contribution is 5.87. The molecule has 0 aromatic carbocycles. The van der Waals surface area contributed by atoms with Crippen LogP contribution in [0.3, 0.4) is 0 Å². The van der Waals surface area contributed by atoms with Crippen LogP contribution in [0.25, 0.3) is 0 Å². The Kier molecular flexibility index (Phi) is 16.8. The van der Waals surface area contributed by atoms with Gasteiger partial charge in [0, 0.05) is 26.1 Å². The Balaban J connectivity index is 1.08. The number of hydrogen-bond donors (Lipinski definition) is 8. The summed E-state index contributed by atoms with van der Waals surface area (Å²) in [4.78, 5) is 25.2. The summed E-state index contributed by atoms with van der Waals surface area (Å²) in [6.45, 7) is 14.9. The smallest absolute Gasteiger partial charge is 0.407 e. The van der Waals surface area contributed by atoms with Gasteiger partial charge in [-0.1, -0.05) is 65.5 Å². The number of amides is 2. The number of fused-ring (bicyclic) bond motifs is 5. The molecule has 10 N–H and O–H groups in total. The molecule has 3 fully saturated rings. The van der Waals surface area contributed by atoms with Crippen LogP contribution in [0, 0.1) is 57.2 Å². The number of nitrogens with one attached hydrogen (secondary N) is 6. The van der Waals surface area contributed by atoms with E-state index in [0.717, 1.165) is 54.8 Å². The molecule has 54 heavy (non-hydrogen) atoms. The molecule has 3 saturated carbocycles. The van der Waals surface area contributed by atoms with Gasteiger partial charge in [-0.25, -0.2) is 4.79 Å². The lowest BCUT2D eigenvalue weighted by molar-refractivity contribution is -0.123. The molecule has 9 atom stereocenters. The van der Waals surface area contributed by atoms with Crippen LogP contribution in [0.4, 0.5) is 4.79 Å². The van der Waals surface area contributed by atoms with Gasteiger partial charge in [-0.05, 0) is 104 Å². The van der Waals surface area contributed by atoms with Gasteiger partial charge in [0.25, 0.3) is 0 Å². The highest BCUT2D eigenvalue weighted by Gasteiger charge is 2.59. The normalized spacial score (nSPS) is 29.8. The fraction of sp³-hybridized carbons (Fsp3) is 0.854. The molecule has 13 heteroatoms. The first-order valence-electron chi connectivity index (χ1n) is 21.0. The van der Waals surface area contributed by atoms with Crippen molar-refractivity contribution in [3.05, 3.63) is 11.6 Å². The Labute approximate surface area is 325 Å². The van der Waals surface area contributed by atoms with E-state index in [9.17, 15) is 9.59 Å². The van der Waals surface area contributed by atoms with Crippen LogP contribution in [0.2, 0.25) is 0 Å². The Hall–Kier alpha value is -3.06. The molecule has 0 spiro atoms. The SMILES string of the molecule is CC(C)CCCC(C)C1CCC2C3CC=C4CC(OC(=O)NCCOCCOCCNC(=O)C(CCCNC(=N)N)NC(=N)N)CCC4(C)C3CCC12C. The molecule has 0 bridgehead atoms. The third kappa shape index (κ3) is 12.0. The first kappa shape index (κ1) is 43.7. The van der Waals surface area contributed by atoms with Gasteiger partial charge in [-0.3, -0.25) is 15.6 Å². The average Bonchev–Trinajstić information content (AvgIpc) is 3.47. The lowest BCUT2D eigenvalue weighted by Gasteiger charge is -2.58. The van der Waals surface area contributed by atoms with E-state index >= 15 is 0 Å². The van der Waals surface area contributed by atoms with Crippen molar-refractivity contribution >= 4 is 23.9 Å². The number of nitrogens with two attached hydrogens (primary N) is 2. The number of ether oxygens (including phenoxy) is 3. The molecule has 0 saturated heterocycles. The topological polar surface area (TPSA) is 210 Å². The number of carbonyl (C=O) groups excluding carboxylic acids is 2. The molecule has 13 nitrogen and oxygen atoms in total. The van der Waals surface area contributed by atoms with Gasteiger partial charge in [0.1, 0.15) is 12.1 Å². The summed E-state index contributed by atoms with van der Waals surface area (Å²) in [5, 5.41) is 25.6. The first-order valence-corrected chi connectivity index (χ1v) is 21.0. The van der Waals surface area contributed by atoms with Crippen LogP contribution in [0.1, 0.15) is 118 Å². The molecule has 4 rings (SSSR count). The van der Waals surface area contributed by atoms with E-state index in [2.05, 4.69) is 62.0 Å². The van der Waals surface area contributed by atoms with Crippen molar-refractivity contribution in [1.29, 1.82) is 10.8 Å². The number of alkyl carbamates (subject to hydrolysis) is 1. The summed E-state index contributed by atoms with van der Waals surface area (Å²) in [5.41, 5.74) is 12.9. The molecule has 0 radical (unpaired) electrons. The second-order valence-electron chi connectivity index (χ2n) is 17.6. The summed E-state index contributed by atoms with van der Waals surface area (Å²) < 4.78 is 17.1. The number of carbonyl (C=O) groups is 2. The fourth-order valence-corrected chi connectivity index (χ4v) is 10.8. The van der Waals surface area contributed by atoms with Gasteiger partial charge in [0.15, 0.2) is 11.9 Å². The molecule has 0 aromatic rings. The minimum Gasteiger partial charge on any atom is -0.446 e. The van der Waals surface area contributed by atoms with Gasteiger partial charge in [-0.2, -0.15) is 0 Å². The minimum absolute atomic E-state index is 0.0793. The number of guanidine groups is 2. The van der Waals surface area contributed by atoms with Gasteiger partial charge < -0.3 is 46.9 Å². The molecule has 0 heterocycles. The van der Waals surface area contributed by atoms with Crippen LogP contribution < -0.4 is 32.7 Å². The zero-order chi connectivity index (χ0) is 39.3. The standard InChI is InChI=1S/C41H74N8O5/c1-27(2)8-6-9-28(3)32-13-14-33-31-12-11-29-26-30(15-17-40(29,4)34(31)16-18-41(32,33)5)54-39(51)48-21-23-53-25-24-52-22-20-46-36(50)35(49-38(44)45)10-7-19-47-37(42)43/h11,27-28,30-35H,6-10,12-26H2,1-5H3,(H,46,50)(H,48,51)(H4,42,43,47)(H4,44,45,49). The molecular weight excluding hydrogens is 685 g/mol. The van der Waals surface area contributed by atoms with Crippen molar-refractivity contribution in [3.8, 4) is 0 Å². The van der Waals surface area contributed by atoms with E-state index in [1.54, 1.807) is 0 Å². The third-order valence-electron chi connectivity index (χ3n) is 13.6. The Morgan fingerprint density at radius 1 is 0.833 bits per heavy atom. The molecule has 308 valence electrons. The van der Waals surface area contributed by atoms with Gasteiger partial charge >= 0.3 is 6.09 Å². The van der Waals surface area contributed by atoms with Crippen molar-refractivity contribution < 1.29 is 23.8 Å². The highest BCUT2D eigenvalue weighted by atomic mass is 16.6. The molecule has 4 aliphatic carbocycles. The van der Waals surface area contributed by atoms with Gasteiger partial charge in [-0.15, -0.1) is 0 Å². The van der Waals surface area contributed by atoms with Crippen molar-refractivity contribution in [2.24, 2.45) is 57.8 Å². The van der Waals surface area contributed by atoms with E-state index in [0.29, 0.717) is 64.3 Å². The Bertz CT molecular complexity index is 1280. The van der Waals surface area contributed by atoms with E-state index in [1.165, 1.54) is 56.9 Å². The molecular formula is C41H74N8O5. The van der Waals surface area contributed by atoms with Crippen LogP contribution in [0.5, 0.6) is 0 Å². The number of rotatable bonds is 21. The van der Waals surface area contributed by atoms with Crippen molar-refractivity contribution in [2.45, 2.75) is 130 Å². The predicted molar refractivity (Wildman–Crippen MR) is 214 cm³/mol. The summed E-state index contributed by atoms with van der Waals surface area (Å²) in [6, 6.07) is -0.666. The monoisotopic (exact) mass is 759 g/mol. The molecule has 0 aromatic heterocycles. The van der Waals surface area contributed by atoms with Crippen molar-refractivity contribution in [1.82, 2.24) is 21.3 Å².